The molecule has 0 unspecified atom stereocenters. The monoisotopic (exact) mass is 308 g/mol. The first kappa shape index (κ1) is 15.3. The Morgan fingerprint density at radius 3 is 2.57 bits per heavy atom. The van der Waals surface area contributed by atoms with Crippen LogP contribution in [0.2, 0.25) is 0 Å². The first-order chi connectivity index (χ1) is 11.3. The Hall–Kier alpha value is -2.62. The number of nitrogens with zero attached hydrogens (tertiary/aromatic N) is 2. The van der Waals surface area contributed by atoms with Crippen molar-refractivity contribution in [2.45, 2.75) is 26.3 Å². The molecule has 1 aromatic heterocycles. The molecule has 0 saturated heterocycles. The van der Waals surface area contributed by atoms with E-state index < -0.39 is 0 Å². The van der Waals surface area contributed by atoms with E-state index in [1.54, 1.807) is 6.92 Å². The van der Waals surface area contributed by atoms with Crippen LogP contribution >= 0.6 is 0 Å². The molecule has 0 aliphatic carbocycles. The summed E-state index contributed by atoms with van der Waals surface area (Å²) in [6, 6.07) is 17.7. The summed E-state index contributed by atoms with van der Waals surface area (Å²) in [5.74, 6) is 1.43. The lowest BCUT2D eigenvalue weighted by atomic mass is 10.3. The molecule has 0 aliphatic rings. The quantitative estimate of drug-likeness (QED) is 0.487. The van der Waals surface area contributed by atoms with Gasteiger partial charge in [0, 0.05) is 13.5 Å². The van der Waals surface area contributed by atoms with Gasteiger partial charge in [-0.1, -0.05) is 30.3 Å². The molecular formula is C19H20N2O2. The summed E-state index contributed by atoms with van der Waals surface area (Å²) in [6.07, 6.45) is 1.87. The Labute approximate surface area is 135 Å². The Morgan fingerprint density at radius 1 is 1.04 bits per heavy atom. The number of para-hydroxylation sites is 3. The molecule has 0 radical (unpaired) electrons. The molecule has 3 rings (SSSR count). The third-order valence-electron chi connectivity index (χ3n) is 3.76. The number of carbonyl (C=O) groups excluding carboxylic acids is 1. The molecule has 0 amide bonds. The van der Waals surface area contributed by atoms with Crippen molar-refractivity contribution >= 4 is 16.8 Å². The van der Waals surface area contributed by atoms with E-state index in [9.17, 15) is 4.79 Å². The summed E-state index contributed by atoms with van der Waals surface area (Å²) < 4.78 is 7.71. The van der Waals surface area contributed by atoms with Gasteiger partial charge in [-0.05, 0) is 37.1 Å². The van der Waals surface area contributed by atoms with E-state index in [-0.39, 0.29) is 5.78 Å². The molecule has 4 nitrogen and oxygen atoms in total. The van der Waals surface area contributed by atoms with Crippen LogP contribution in [0.15, 0.2) is 54.6 Å². The van der Waals surface area contributed by atoms with Crippen LogP contribution in [0.5, 0.6) is 5.75 Å². The van der Waals surface area contributed by atoms with Crippen molar-refractivity contribution in [3.63, 3.8) is 0 Å². The zero-order chi connectivity index (χ0) is 16.1. The van der Waals surface area contributed by atoms with Crippen LogP contribution in [0, 0.1) is 0 Å². The first-order valence-corrected chi connectivity index (χ1v) is 7.90. The molecule has 4 heteroatoms. The number of unbranched alkanes of at least 4 members (excludes halogenated alkanes) is 1. The van der Waals surface area contributed by atoms with Gasteiger partial charge in [-0.2, -0.15) is 0 Å². The van der Waals surface area contributed by atoms with Crippen molar-refractivity contribution in [3.05, 3.63) is 60.4 Å². The van der Waals surface area contributed by atoms with Crippen molar-refractivity contribution < 1.29 is 9.53 Å². The maximum Gasteiger partial charge on any atom is 0.195 e. The highest BCUT2D eigenvalue weighted by atomic mass is 16.5. The molecule has 0 aliphatic heterocycles. The molecule has 0 atom stereocenters. The third-order valence-corrected chi connectivity index (χ3v) is 3.76. The summed E-state index contributed by atoms with van der Waals surface area (Å²) in [6.45, 7) is 3.01. The predicted octanol–water partition coefficient (Wildman–Crippen LogP) is 4.10. The highest BCUT2D eigenvalue weighted by Crippen LogP contribution is 2.17. The maximum atomic E-state index is 11.8. The van der Waals surface area contributed by atoms with Crippen molar-refractivity contribution in [2.24, 2.45) is 0 Å². The summed E-state index contributed by atoms with van der Waals surface area (Å²) in [5.41, 5.74) is 1.89. The SMILES string of the molecule is CC(=O)c1nc2ccccc2n1CCCCOc1ccccc1. The van der Waals surface area contributed by atoms with E-state index in [1.165, 1.54) is 0 Å². The zero-order valence-electron chi connectivity index (χ0n) is 13.2. The van der Waals surface area contributed by atoms with E-state index in [0.717, 1.165) is 36.2 Å². The second-order valence-corrected chi connectivity index (χ2v) is 5.50. The summed E-state index contributed by atoms with van der Waals surface area (Å²) in [7, 11) is 0. The molecule has 23 heavy (non-hydrogen) atoms. The van der Waals surface area contributed by atoms with Crippen LogP contribution in [-0.2, 0) is 6.54 Å². The van der Waals surface area contributed by atoms with E-state index in [2.05, 4.69) is 4.98 Å². The molecule has 0 bridgehead atoms. The maximum absolute atomic E-state index is 11.8. The van der Waals surface area contributed by atoms with Crippen molar-refractivity contribution in [1.29, 1.82) is 0 Å². The zero-order valence-corrected chi connectivity index (χ0v) is 13.2. The number of rotatable bonds is 7. The second-order valence-electron chi connectivity index (χ2n) is 5.50. The second kappa shape index (κ2) is 7.09. The molecule has 3 aromatic rings. The number of Topliss-reactive ketones (excluding diaryl/α,β-unsaturated/α-hetero) is 1. The fourth-order valence-electron chi connectivity index (χ4n) is 2.65. The average Bonchev–Trinajstić information content (AvgIpc) is 2.95. The Kier molecular flexibility index (Phi) is 4.71. The summed E-state index contributed by atoms with van der Waals surface area (Å²) >= 11 is 0. The molecule has 0 spiro atoms. The lowest BCUT2D eigenvalue weighted by Gasteiger charge is -2.08. The van der Waals surface area contributed by atoms with Gasteiger partial charge in [0.05, 0.1) is 17.6 Å². The highest BCUT2D eigenvalue weighted by molar-refractivity contribution is 5.94. The number of imidazole rings is 1. The smallest absolute Gasteiger partial charge is 0.195 e. The van der Waals surface area contributed by atoms with Crippen LogP contribution in [0.1, 0.15) is 30.4 Å². The largest absolute Gasteiger partial charge is 0.494 e. The normalized spacial score (nSPS) is 10.8. The van der Waals surface area contributed by atoms with Crippen LogP contribution in [0.25, 0.3) is 11.0 Å². The van der Waals surface area contributed by atoms with Gasteiger partial charge in [-0.15, -0.1) is 0 Å². The van der Waals surface area contributed by atoms with E-state index in [1.807, 2.05) is 59.2 Å². The lowest BCUT2D eigenvalue weighted by molar-refractivity contribution is 0.0999. The van der Waals surface area contributed by atoms with Gasteiger partial charge in [0.1, 0.15) is 5.75 Å². The number of ether oxygens (including phenoxy) is 1. The van der Waals surface area contributed by atoms with Crippen LogP contribution < -0.4 is 4.74 Å². The highest BCUT2D eigenvalue weighted by Gasteiger charge is 2.13. The molecule has 2 aromatic carbocycles. The minimum absolute atomic E-state index is 0.00161. The molecule has 118 valence electrons. The van der Waals surface area contributed by atoms with Gasteiger partial charge in [-0.3, -0.25) is 4.79 Å². The number of aromatic nitrogens is 2. The van der Waals surface area contributed by atoms with Crippen molar-refractivity contribution in [1.82, 2.24) is 9.55 Å². The minimum Gasteiger partial charge on any atom is -0.494 e. The molecule has 0 N–H and O–H groups in total. The number of ketones is 1. The lowest BCUT2D eigenvalue weighted by Crippen LogP contribution is -2.09. The molecular weight excluding hydrogens is 288 g/mol. The molecule has 0 fully saturated rings. The summed E-state index contributed by atoms with van der Waals surface area (Å²) in [4.78, 5) is 16.2. The van der Waals surface area contributed by atoms with Crippen LogP contribution in [0.3, 0.4) is 0 Å². The summed E-state index contributed by atoms with van der Waals surface area (Å²) in [5, 5.41) is 0. The van der Waals surface area contributed by atoms with E-state index in [0.29, 0.717) is 12.4 Å². The van der Waals surface area contributed by atoms with Gasteiger partial charge >= 0.3 is 0 Å². The average molecular weight is 308 g/mol. The number of hydrogen-bond acceptors (Lipinski definition) is 3. The number of fused-ring (bicyclic) bond motifs is 1. The topological polar surface area (TPSA) is 44.1 Å². The minimum atomic E-state index is 0.00161. The van der Waals surface area contributed by atoms with Crippen LogP contribution in [0.4, 0.5) is 0 Å². The molecule has 0 saturated carbocycles. The third kappa shape index (κ3) is 3.59. The van der Waals surface area contributed by atoms with Gasteiger partial charge in [0.25, 0.3) is 0 Å². The van der Waals surface area contributed by atoms with Crippen molar-refractivity contribution in [3.8, 4) is 5.75 Å². The van der Waals surface area contributed by atoms with Gasteiger partial charge in [0.15, 0.2) is 11.6 Å². The number of hydrogen-bond donors (Lipinski definition) is 0. The van der Waals surface area contributed by atoms with Crippen LogP contribution in [-0.4, -0.2) is 21.9 Å². The Balaban J connectivity index is 1.60. The number of carbonyl (C=O) groups is 1. The Bertz CT molecular complexity index is 793. The fourth-order valence-corrected chi connectivity index (χ4v) is 2.65. The predicted molar refractivity (Wildman–Crippen MR) is 90.9 cm³/mol. The fraction of sp³-hybridized carbons (Fsp3) is 0.263. The Morgan fingerprint density at radius 2 is 1.78 bits per heavy atom. The van der Waals surface area contributed by atoms with Gasteiger partial charge in [-0.25, -0.2) is 4.98 Å². The van der Waals surface area contributed by atoms with Gasteiger partial charge in [0.2, 0.25) is 0 Å². The number of aryl methyl sites for hydroxylation is 1. The van der Waals surface area contributed by atoms with Gasteiger partial charge < -0.3 is 9.30 Å². The van der Waals surface area contributed by atoms with Crippen molar-refractivity contribution in [2.75, 3.05) is 6.61 Å². The number of benzene rings is 2. The first-order valence-electron chi connectivity index (χ1n) is 7.90. The standard InChI is InChI=1S/C19H20N2O2/c1-15(22)19-20-17-11-5-6-12-18(17)21(19)13-7-8-14-23-16-9-3-2-4-10-16/h2-6,9-12H,7-8,13-14H2,1H3. The molecule has 1 heterocycles. The van der Waals surface area contributed by atoms with E-state index >= 15 is 0 Å². The van der Waals surface area contributed by atoms with E-state index in [4.69, 9.17) is 4.74 Å².